The third-order valence-corrected chi connectivity index (χ3v) is 7.12. The lowest BCUT2D eigenvalue weighted by Crippen LogP contribution is -2.29. The van der Waals surface area contributed by atoms with Crippen molar-refractivity contribution >= 4 is 47.3 Å². The van der Waals surface area contributed by atoms with Crippen LogP contribution in [0.25, 0.3) is 21.9 Å². The Labute approximate surface area is 238 Å². The Morgan fingerprint density at radius 3 is 1.84 bits per heavy atom. The summed E-state index contributed by atoms with van der Waals surface area (Å²) in [6.45, 7) is 14.0. The van der Waals surface area contributed by atoms with Crippen molar-refractivity contribution in [2.24, 2.45) is 0 Å². The molecule has 0 aromatic heterocycles. The molecule has 0 fully saturated rings. The van der Waals surface area contributed by atoms with Crippen LogP contribution in [-0.4, -0.2) is 74.0 Å². The van der Waals surface area contributed by atoms with Crippen LogP contribution in [0.5, 0.6) is 5.75 Å². The van der Waals surface area contributed by atoms with E-state index < -0.39 is 5.97 Å². The second-order valence-electron chi connectivity index (χ2n) is 8.91. The van der Waals surface area contributed by atoms with Crippen molar-refractivity contribution in [1.29, 1.82) is 0 Å². The molecule has 6 nitrogen and oxygen atoms in total. The van der Waals surface area contributed by atoms with Crippen LogP contribution in [0.15, 0.2) is 48.5 Å². The number of rotatable bonds is 12. The maximum absolute atomic E-state index is 13.7. The van der Waals surface area contributed by atoms with Gasteiger partial charge in [-0.3, -0.25) is 4.79 Å². The minimum Gasteiger partial charge on any atom is -0.491 e. The minimum atomic E-state index is -0.511. The molecule has 3 aromatic carbocycles. The Morgan fingerprint density at radius 1 is 0.711 bits per heavy atom. The van der Waals surface area contributed by atoms with E-state index >= 15 is 0 Å². The van der Waals surface area contributed by atoms with Gasteiger partial charge >= 0.3 is 5.97 Å². The molecule has 0 aliphatic heterocycles. The molecule has 0 atom stereocenters. The summed E-state index contributed by atoms with van der Waals surface area (Å²) in [5.41, 5.74) is 2.87. The van der Waals surface area contributed by atoms with Gasteiger partial charge in [0, 0.05) is 35.2 Å². The van der Waals surface area contributed by atoms with Gasteiger partial charge in [-0.25, -0.2) is 4.79 Å². The SMILES string of the molecule is CCN(CC)CCOC(=O)c1c2c(c3ccccc3c1OCCN(CC)CC)-c1ccccc1C2=O.Cl.Cl. The maximum atomic E-state index is 13.7. The van der Waals surface area contributed by atoms with Crippen molar-refractivity contribution in [2.45, 2.75) is 27.7 Å². The zero-order chi connectivity index (χ0) is 25.7. The van der Waals surface area contributed by atoms with Gasteiger partial charge in [0.25, 0.3) is 0 Å². The first-order chi connectivity index (χ1) is 17.5. The van der Waals surface area contributed by atoms with Crippen molar-refractivity contribution < 1.29 is 19.1 Å². The predicted molar refractivity (Wildman–Crippen MR) is 159 cm³/mol. The molecule has 4 rings (SSSR count). The van der Waals surface area contributed by atoms with E-state index in [1.807, 2.05) is 48.5 Å². The highest BCUT2D eigenvalue weighted by molar-refractivity contribution is 6.30. The summed E-state index contributed by atoms with van der Waals surface area (Å²) in [5.74, 6) is -0.232. The largest absolute Gasteiger partial charge is 0.491 e. The van der Waals surface area contributed by atoms with Crippen LogP contribution < -0.4 is 4.74 Å². The van der Waals surface area contributed by atoms with Gasteiger partial charge in [-0.2, -0.15) is 0 Å². The van der Waals surface area contributed by atoms with E-state index in [1.54, 1.807) is 0 Å². The quantitative estimate of drug-likeness (QED) is 0.195. The predicted octanol–water partition coefficient (Wildman–Crippen LogP) is 6.11. The van der Waals surface area contributed by atoms with E-state index in [9.17, 15) is 9.59 Å². The lowest BCUT2D eigenvalue weighted by Gasteiger charge is -2.22. The average molecular weight is 562 g/mol. The van der Waals surface area contributed by atoms with Gasteiger partial charge in [0.05, 0.1) is 0 Å². The van der Waals surface area contributed by atoms with E-state index in [4.69, 9.17) is 9.47 Å². The number of ether oxygens (including phenoxy) is 2. The summed E-state index contributed by atoms with van der Waals surface area (Å²) >= 11 is 0. The van der Waals surface area contributed by atoms with E-state index in [2.05, 4.69) is 37.5 Å². The Morgan fingerprint density at radius 2 is 1.24 bits per heavy atom. The maximum Gasteiger partial charge on any atom is 0.342 e. The number of benzene rings is 3. The normalized spacial score (nSPS) is 11.7. The number of carbonyl (C=O) groups excluding carboxylic acids is 2. The molecule has 0 saturated heterocycles. The van der Waals surface area contributed by atoms with E-state index in [0.29, 0.717) is 30.0 Å². The highest BCUT2D eigenvalue weighted by Gasteiger charge is 2.36. The molecule has 1 aliphatic rings. The Kier molecular flexibility index (Phi) is 12.0. The van der Waals surface area contributed by atoms with Crippen molar-refractivity contribution in [2.75, 3.05) is 52.5 Å². The van der Waals surface area contributed by atoms with Crippen LogP contribution in [0.1, 0.15) is 54.0 Å². The van der Waals surface area contributed by atoms with Crippen LogP contribution in [0.4, 0.5) is 0 Å². The number of esters is 1. The van der Waals surface area contributed by atoms with Gasteiger partial charge < -0.3 is 19.3 Å². The van der Waals surface area contributed by atoms with Gasteiger partial charge in [0.15, 0.2) is 5.78 Å². The van der Waals surface area contributed by atoms with Gasteiger partial charge in [-0.1, -0.05) is 76.2 Å². The average Bonchev–Trinajstić information content (AvgIpc) is 3.21. The van der Waals surface area contributed by atoms with Crippen LogP contribution in [0.3, 0.4) is 0 Å². The third kappa shape index (κ3) is 6.15. The number of ketones is 1. The summed E-state index contributed by atoms with van der Waals surface area (Å²) in [7, 11) is 0. The summed E-state index contributed by atoms with van der Waals surface area (Å²) < 4.78 is 12.1. The topological polar surface area (TPSA) is 59.1 Å². The standard InChI is InChI=1S/C30H36N2O4.2ClH/c1-5-31(6-2)17-19-35-29-24-16-12-10-14-22(24)25-21-13-9-11-15-23(21)28(33)26(25)27(29)30(34)36-20-18-32(7-3)8-4;;/h9-16H,5-8,17-20H2,1-4H3;2*1H. The Balaban J connectivity index is 0.00000253. The van der Waals surface area contributed by atoms with E-state index in [1.165, 1.54) is 0 Å². The molecule has 0 N–H and O–H groups in total. The first-order valence-corrected chi connectivity index (χ1v) is 13.0. The lowest BCUT2D eigenvalue weighted by atomic mass is 9.92. The molecular formula is C30H38Cl2N2O4. The molecule has 8 heteroatoms. The van der Waals surface area contributed by atoms with Crippen molar-refractivity contribution in [1.82, 2.24) is 9.80 Å². The number of carbonyl (C=O) groups is 2. The zero-order valence-electron chi connectivity index (χ0n) is 22.6. The summed E-state index contributed by atoms with van der Waals surface area (Å²) in [6, 6.07) is 15.4. The molecule has 0 heterocycles. The second-order valence-corrected chi connectivity index (χ2v) is 8.91. The highest BCUT2D eigenvalue weighted by atomic mass is 35.5. The summed E-state index contributed by atoms with van der Waals surface area (Å²) in [4.78, 5) is 31.8. The third-order valence-electron chi connectivity index (χ3n) is 7.12. The number of halogens is 2. The summed E-state index contributed by atoms with van der Waals surface area (Å²) in [5, 5.41) is 1.72. The van der Waals surface area contributed by atoms with E-state index in [-0.39, 0.29) is 42.8 Å². The van der Waals surface area contributed by atoms with Crippen molar-refractivity contribution in [3.8, 4) is 16.9 Å². The molecule has 206 valence electrons. The fourth-order valence-corrected chi connectivity index (χ4v) is 4.99. The van der Waals surface area contributed by atoms with E-state index in [0.717, 1.165) is 54.6 Å². The minimum absolute atomic E-state index is 0. The van der Waals surface area contributed by atoms with Crippen molar-refractivity contribution in [3.05, 3.63) is 65.2 Å². The first-order valence-electron chi connectivity index (χ1n) is 13.0. The zero-order valence-corrected chi connectivity index (χ0v) is 24.3. The van der Waals surface area contributed by atoms with Crippen molar-refractivity contribution in [3.63, 3.8) is 0 Å². The number of fused-ring (bicyclic) bond motifs is 5. The fraction of sp³-hybridized carbons (Fsp3) is 0.400. The molecule has 0 saturated carbocycles. The number of likely N-dealkylation sites (N-methyl/N-ethyl adjacent to an activating group) is 2. The molecule has 0 unspecified atom stereocenters. The molecule has 0 radical (unpaired) electrons. The first kappa shape index (κ1) is 31.6. The molecule has 1 aliphatic carbocycles. The second kappa shape index (κ2) is 14.5. The molecule has 0 amide bonds. The molecule has 3 aromatic rings. The van der Waals surface area contributed by atoms with Gasteiger partial charge in [-0.05, 0) is 37.1 Å². The summed E-state index contributed by atoms with van der Waals surface area (Å²) in [6.07, 6.45) is 0. The van der Waals surface area contributed by atoms with Gasteiger partial charge in [-0.15, -0.1) is 24.8 Å². The molecule has 38 heavy (non-hydrogen) atoms. The van der Waals surface area contributed by atoms with Gasteiger partial charge in [0.2, 0.25) is 0 Å². The van der Waals surface area contributed by atoms with Crippen LogP contribution in [0, 0.1) is 0 Å². The number of hydrogen-bond acceptors (Lipinski definition) is 6. The van der Waals surface area contributed by atoms with Gasteiger partial charge in [0.1, 0.15) is 24.5 Å². The van der Waals surface area contributed by atoms with Crippen LogP contribution in [0.2, 0.25) is 0 Å². The molecule has 0 bridgehead atoms. The van der Waals surface area contributed by atoms with Crippen LogP contribution in [-0.2, 0) is 4.74 Å². The highest BCUT2D eigenvalue weighted by Crippen LogP contribution is 2.47. The Hall–Kier alpha value is -2.64. The number of nitrogens with zero attached hydrogens (tertiary/aromatic N) is 2. The van der Waals surface area contributed by atoms with Crippen LogP contribution >= 0.6 is 24.8 Å². The fourth-order valence-electron chi connectivity index (χ4n) is 4.99. The lowest BCUT2D eigenvalue weighted by molar-refractivity contribution is 0.0459. The molecular weight excluding hydrogens is 523 g/mol. The Bertz CT molecular complexity index is 1260. The number of hydrogen-bond donors (Lipinski definition) is 0. The smallest absolute Gasteiger partial charge is 0.342 e. The molecule has 0 spiro atoms. The monoisotopic (exact) mass is 560 g/mol.